The van der Waals surface area contributed by atoms with Crippen molar-refractivity contribution in [3.8, 4) is 0 Å². The third-order valence-electron chi connectivity index (χ3n) is 5.10. The average Bonchev–Trinajstić information content (AvgIpc) is 3.05. The van der Waals surface area contributed by atoms with Gasteiger partial charge in [-0.1, -0.05) is 19.4 Å². The van der Waals surface area contributed by atoms with E-state index in [0.29, 0.717) is 31.6 Å². The summed E-state index contributed by atoms with van der Waals surface area (Å²) in [7, 11) is -3.21. The van der Waals surface area contributed by atoms with Gasteiger partial charge in [0, 0.05) is 24.7 Å². The van der Waals surface area contributed by atoms with Crippen LogP contribution in [0, 0.1) is 17.2 Å². The minimum Gasteiger partial charge on any atom is -0.326 e. The van der Waals surface area contributed by atoms with Crippen LogP contribution in [0.1, 0.15) is 32.6 Å². The first-order chi connectivity index (χ1) is 11.4. The topological polar surface area (TPSA) is 66.5 Å². The van der Waals surface area contributed by atoms with Gasteiger partial charge >= 0.3 is 0 Å². The molecule has 0 aromatic heterocycles. The first-order valence-electron chi connectivity index (χ1n) is 8.40. The number of carbonyl (C=O) groups is 1. The van der Waals surface area contributed by atoms with Gasteiger partial charge in [-0.05, 0) is 42.9 Å². The SMILES string of the molecule is CCCCS(=O)(=O)N1CC[C@@]2(C[C@H]2C(=O)Nc2cccc(F)c2)C1. The largest absolute Gasteiger partial charge is 0.326 e. The number of halogens is 1. The molecule has 1 saturated heterocycles. The van der Waals surface area contributed by atoms with E-state index in [0.717, 1.165) is 12.8 Å². The minimum atomic E-state index is -3.21. The molecule has 0 unspecified atom stereocenters. The zero-order chi connectivity index (χ0) is 17.4. The van der Waals surface area contributed by atoms with Gasteiger partial charge in [0.15, 0.2) is 0 Å². The summed E-state index contributed by atoms with van der Waals surface area (Å²) in [6.07, 6.45) is 2.93. The first-order valence-corrected chi connectivity index (χ1v) is 10.0. The molecule has 5 nitrogen and oxygen atoms in total. The molecule has 1 aliphatic carbocycles. The van der Waals surface area contributed by atoms with Crippen molar-refractivity contribution in [1.29, 1.82) is 0 Å². The van der Waals surface area contributed by atoms with Gasteiger partial charge in [0.05, 0.1) is 5.75 Å². The van der Waals surface area contributed by atoms with Gasteiger partial charge in [0.2, 0.25) is 15.9 Å². The minimum absolute atomic E-state index is 0.145. The van der Waals surface area contributed by atoms with Gasteiger partial charge in [0.1, 0.15) is 5.82 Å². The van der Waals surface area contributed by atoms with Gasteiger partial charge in [-0.2, -0.15) is 0 Å². The van der Waals surface area contributed by atoms with E-state index in [1.165, 1.54) is 16.4 Å². The third kappa shape index (κ3) is 3.47. The van der Waals surface area contributed by atoms with Crippen molar-refractivity contribution >= 4 is 21.6 Å². The highest BCUT2D eigenvalue weighted by atomic mass is 32.2. The second-order valence-electron chi connectivity index (χ2n) is 6.87. The number of rotatable bonds is 6. The summed E-state index contributed by atoms with van der Waals surface area (Å²) in [5.41, 5.74) is 0.212. The van der Waals surface area contributed by atoms with Gasteiger partial charge < -0.3 is 5.32 Å². The maximum Gasteiger partial charge on any atom is 0.228 e. The number of hydrogen-bond acceptors (Lipinski definition) is 3. The lowest BCUT2D eigenvalue weighted by atomic mass is 10.0. The van der Waals surface area contributed by atoms with Crippen molar-refractivity contribution in [1.82, 2.24) is 4.31 Å². The van der Waals surface area contributed by atoms with Gasteiger partial charge in [-0.15, -0.1) is 0 Å². The number of carbonyl (C=O) groups excluding carboxylic acids is 1. The van der Waals surface area contributed by atoms with Crippen molar-refractivity contribution in [2.75, 3.05) is 24.2 Å². The number of sulfonamides is 1. The summed E-state index contributed by atoms with van der Waals surface area (Å²) in [6, 6.07) is 5.80. The molecule has 24 heavy (non-hydrogen) atoms. The number of nitrogens with zero attached hydrogens (tertiary/aromatic N) is 1. The van der Waals surface area contributed by atoms with E-state index in [9.17, 15) is 17.6 Å². The van der Waals surface area contributed by atoms with Crippen LogP contribution in [0.2, 0.25) is 0 Å². The highest BCUT2D eigenvalue weighted by molar-refractivity contribution is 7.89. The fourth-order valence-electron chi connectivity index (χ4n) is 3.52. The molecule has 1 spiro atoms. The van der Waals surface area contributed by atoms with Gasteiger partial charge in [-0.3, -0.25) is 4.79 Å². The van der Waals surface area contributed by atoms with Gasteiger partial charge in [0.25, 0.3) is 0 Å². The Kier molecular flexibility index (Phi) is 4.66. The molecule has 3 rings (SSSR count). The molecule has 1 aromatic carbocycles. The van der Waals surface area contributed by atoms with Crippen LogP contribution in [0.25, 0.3) is 0 Å². The molecule has 7 heteroatoms. The molecule has 2 aliphatic rings. The van der Waals surface area contributed by atoms with Crippen molar-refractivity contribution in [2.24, 2.45) is 11.3 Å². The lowest BCUT2D eigenvalue weighted by molar-refractivity contribution is -0.118. The Morgan fingerprint density at radius 3 is 2.96 bits per heavy atom. The quantitative estimate of drug-likeness (QED) is 0.854. The molecule has 1 heterocycles. The molecule has 0 radical (unpaired) electrons. The Balaban J connectivity index is 1.59. The van der Waals surface area contributed by atoms with E-state index < -0.39 is 15.8 Å². The molecule has 0 bridgehead atoms. The maximum absolute atomic E-state index is 13.2. The Morgan fingerprint density at radius 2 is 2.25 bits per heavy atom. The van der Waals surface area contributed by atoms with Crippen molar-refractivity contribution in [2.45, 2.75) is 32.6 Å². The van der Waals surface area contributed by atoms with Crippen molar-refractivity contribution < 1.29 is 17.6 Å². The van der Waals surface area contributed by atoms with Crippen molar-refractivity contribution in [3.63, 3.8) is 0 Å². The molecule has 1 saturated carbocycles. The lowest BCUT2D eigenvalue weighted by Crippen LogP contribution is -2.32. The Bertz CT molecular complexity index is 737. The average molecular weight is 354 g/mol. The predicted molar refractivity (Wildman–Crippen MR) is 90.5 cm³/mol. The standard InChI is InChI=1S/C17H23FN2O3S/c1-2-3-9-24(22,23)20-8-7-17(12-20)11-15(17)16(21)19-14-6-4-5-13(18)10-14/h4-6,10,15H,2-3,7-9,11-12H2,1H3,(H,19,21)/t15-,17+/m0/s1. The van der Waals surface area contributed by atoms with E-state index in [2.05, 4.69) is 5.32 Å². The van der Waals surface area contributed by atoms with E-state index in [1.807, 2.05) is 6.92 Å². The number of amides is 1. The van der Waals surface area contributed by atoms with Crippen LogP contribution in [0.3, 0.4) is 0 Å². The molecule has 132 valence electrons. The van der Waals surface area contributed by atoms with Crippen LogP contribution in [0.5, 0.6) is 0 Å². The van der Waals surface area contributed by atoms with Crippen LogP contribution >= 0.6 is 0 Å². The van der Waals surface area contributed by atoms with E-state index in [1.54, 1.807) is 12.1 Å². The molecule has 2 fully saturated rings. The molecular weight excluding hydrogens is 331 g/mol. The second-order valence-corrected chi connectivity index (χ2v) is 8.96. The summed E-state index contributed by atoms with van der Waals surface area (Å²) < 4.78 is 39.3. The van der Waals surface area contributed by atoms with Crippen LogP contribution in [-0.4, -0.2) is 37.5 Å². The Morgan fingerprint density at radius 1 is 1.46 bits per heavy atom. The van der Waals surface area contributed by atoms with Crippen LogP contribution in [-0.2, 0) is 14.8 Å². The fourth-order valence-corrected chi connectivity index (χ4v) is 5.25. The van der Waals surface area contributed by atoms with E-state index >= 15 is 0 Å². The summed E-state index contributed by atoms with van der Waals surface area (Å²) >= 11 is 0. The van der Waals surface area contributed by atoms with Gasteiger partial charge in [-0.25, -0.2) is 17.1 Å². The molecular formula is C17H23FN2O3S. The smallest absolute Gasteiger partial charge is 0.228 e. The highest BCUT2D eigenvalue weighted by Gasteiger charge is 2.62. The molecule has 1 aromatic rings. The van der Waals surface area contributed by atoms with Crippen molar-refractivity contribution in [3.05, 3.63) is 30.1 Å². The summed E-state index contributed by atoms with van der Waals surface area (Å²) in [4.78, 5) is 12.4. The second kappa shape index (κ2) is 6.44. The molecule has 1 N–H and O–H groups in total. The Labute approximate surface area is 142 Å². The fraction of sp³-hybridized carbons (Fsp3) is 0.588. The summed E-state index contributed by atoms with van der Waals surface area (Å²) in [6.45, 7) is 2.89. The number of benzene rings is 1. The number of nitrogens with one attached hydrogen (secondary N) is 1. The molecule has 1 aliphatic heterocycles. The lowest BCUT2D eigenvalue weighted by Gasteiger charge is -2.16. The summed E-state index contributed by atoms with van der Waals surface area (Å²) in [5.74, 6) is -0.548. The van der Waals surface area contributed by atoms with Crippen LogP contribution < -0.4 is 5.32 Å². The monoisotopic (exact) mass is 354 g/mol. The number of anilines is 1. The van der Waals surface area contributed by atoms with E-state index in [4.69, 9.17) is 0 Å². The molecule has 2 atom stereocenters. The first kappa shape index (κ1) is 17.4. The molecule has 1 amide bonds. The third-order valence-corrected chi connectivity index (χ3v) is 7.00. The number of unbranched alkanes of at least 4 members (excludes halogenated alkanes) is 1. The number of hydrogen-bond donors (Lipinski definition) is 1. The predicted octanol–water partition coefficient (Wildman–Crippen LogP) is 2.61. The highest BCUT2D eigenvalue weighted by Crippen LogP contribution is 2.59. The Hall–Kier alpha value is -1.47. The normalized spacial score (nSPS) is 26.7. The van der Waals surface area contributed by atoms with Crippen LogP contribution in [0.4, 0.5) is 10.1 Å². The summed E-state index contributed by atoms with van der Waals surface area (Å²) in [5, 5.41) is 2.74. The zero-order valence-electron chi connectivity index (χ0n) is 13.8. The maximum atomic E-state index is 13.2. The van der Waals surface area contributed by atoms with Crippen LogP contribution in [0.15, 0.2) is 24.3 Å². The van der Waals surface area contributed by atoms with E-state index in [-0.39, 0.29) is 23.0 Å². The zero-order valence-corrected chi connectivity index (χ0v) is 14.6.